The summed E-state index contributed by atoms with van der Waals surface area (Å²) in [5.41, 5.74) is 5.33. The summed E-state index contributed by atoms with van der Waals surface area (Å²) in [6, 6.07) is -0.922. The molecule has 4 N–H and O–H groups in total. The maximum Gasteiger partial charge on any atom is 0.320 e. The fraction of sp³-hybridized carbons (Fsp3) is 0.750. The Hall–Kier alpha value is -0.810. The molecule has 1 heterocycles. The van der Waals surface area contributed by atoms with Crippen LogP contribution in [0.1, 0.15) is 19.3 Å². The van der Waals surface area contributed by atoms with Crippen molar-refractivity contribution in [3.8, 4) is 0 Å². The van der Waals surface area contributed by atoms with Crippen LogP contribution in [0.2, 0.25) is 0 Å². The second kappa shape index (κ2) is 5.82. The molecule has 1 rings (SSSR count). The SMILES string of the molecule is Cl.NC(CC1CCCNC1=O)C(=O)O. The van der Waals surface area contributed by atoms with E-state index in [4.69, 9.17) is 10.8 Å². The van der Waals surface area contributed by atoms with Crippen molar-refractivity contribution in [2.45, 2.75) is 25.3 Å². The quantitative estimate of drug-likeness (QED) is 0.613. The fourth-order valence-corrected chi connectivity index (χ4v) is 1.47. The van der Waals surface area contributed by atoms with Crippen molar-refractivity contribution >= 4 is 24.3 Å². The van der Waals surface area contributed by atoms with Crippen molar-refractivity contribution in [1.29, 1.82) is 0 Å². The maximum atomic E-state index is 11.2. The Balaban J connectivity index is 0.00000169. The van der Waals surface area contributed by atoms with Crippen molar-refractivity contribution in [3.05, 3.63) is 0 Å². The first-order valence-corrected chi connectivity index (χ1v) is 4.37. The number of nitrogens with two attached hydrogens (primary N) is 1. The molecule has 1 saturated heterocycles. The summed E-state index contributed by atoms with van der Waals surface area (Å²) in [5.74, 6) is -1.33. The van der Waals surface area contributed by atoms with Gasteiger partial charge in [-0.25, -0.2) is 0 Å². The van der Waals surface area contributed by atoms with Crippen molar-refractivity contribution in [2.75, 3.05) is 6.54 Å². The Bertz CT molecular complexity index is 223. The van der Waals surface area contributed by atoms with Gasteiger partial charge in [0.2, 0.25) is 5.91 Å². The lowest BCUT2D eigenvalue weighted by atomic mass is 9.92. The largest absolute Gasteiger partial charge is 0.480 e. The van der Waals surface area contributed by atoms with Gasteiger partial charge in [0.25, 0.3) is 0 Å². The Morgan fingerprint density at radius 2 is 2.36 bits per heavy atom. The Morgan fingerprint density at radius 3 is 2.86 bits per heavy atom. The number of hydrogen-bond donors (Lipinski definition) is 3. The van der Waals surface area contributed by atoms with Crippen LogP contribution in [0.5, 0.6) is 0 Å². The lowest BCUT2D eigenvalue weighted by molar-refractivity contribution is -0.139. The second-order valence-electron chi connectivity index (χ2n) is 3.31. The van der Waals surface area contributed by atoms with E-state index in [1.54, 1.807) is 0 Å². The average molecular weight is 223 g/mol. The molecule has 1 aliphatic rings. The predicted molar refractivity (Wildman–Crippen MR) is 53.2 cm³/mol. The molecule has 0 bridgehead atoms. The van der Waals surface area contributed by atoms with Crippen LogP contribution in [0.25, 0.3) is 0 Å². The molecule has 82 valence electrons. The van der Waals surface area contributed by atoms with Gasteiger partial charge < -0.3 is 16.2 Å². The molecule has 0 aliphatic carbocycles. The third kappa shape index (κ3) is 3.51. The van der Waals surface area contributed by atoms with Crippen molar-refractivity contribution < 1.29 is 14.7 Å². The van der Waals surface area contributed by atoms with Crippen molar-refractivity contribution in [1.82, 2.24) is 5.32 Å². The molecule has 2 unspecified atom stereocenters. The fourth-order valence-electron chi connectivity index (χ4n) is 1.47. The molecule has 0 aromatic rings. The van der Waals surface area contributed by atoms with E-state index in [9.17, 15) is 9.59 Å². The van der Waals surface area contributed by atoms with Crippen LogP contribution >= 0.6 is 12.4 Å². The Kier molecular flexibility index (Phi) is 5.49. The van der Waals surface area contributed by atoms with Gasteiger partial charge in [-0.1, -0.05) is 0 Å². The number of aliphatic carboxylic acids is 1. The molecule has 5 nitrogen and oxygen atoms in total. The summed E-state index contributed by atoms with van der Waals surface area (Å²) in [5, 5.41) is 11.2. The smallest absolute Gasteiger partial charge is 0.320 e. The minimum Gasteiger partial charge on any atom is -0.480 e. The van der Waals surface area contributed by atoms with E-state index in [1.807, 2.05) is 0 Å². The number of carbonyl (C=O) groups excluding carboxylic acids is 1. The maximum absolute atomic E-state index is 11.2. The first kappa shape index (κ1) is 13.2. The van der Waals surface area contributed by atoms with E-state index in [0.717, 1.165) is 12.8 Å². The number of carbonyl (C=O) groups is 2. The van der Waals surface area contributed by atoms with Crippen LogP contribution in [0.3, 0.4) is 0 Å². The second-order valence-corrected chi connectivity index (χ2v) is 3.31. The van der Waals surface area contributed by atoms with Gasteiger partial charge in [-0.15, -0.1) is 12.4 Å². The van der Waals surface area contributed by atoms with Crippen LogP contribution < -0.4 is 11.1 Å². The minimum absolute atomic E-state index is 0. The van der Waals surface area contributed by atoms with Crippen LogP contribution in [-0.4, -0.2) is 29.6 Å². The normalized spacial score (nSPS) is 23.2. The molecule has 1 aliphatic heterocycles. The summed E-state index contributed by atoms with van der Waals surface area (Å²) in [4.78, 5) is 21.6. The van der Waals surface area contributed by atoms with E-state index >= 15 is 0 Å². The zero-order valence-electron chi connectivity index (χ0n) is 7.73. The molecule has 0 radical (unpaired) electrons. The number of piperidine rings is 1. The van der Waals surface area contributed by atoms with Gasteiger partial charge in [-0.3, -0.25) is 9.59 Å². The Labute approximate surface area is 88.4 Å². The number of carboxylic acids is 1. The molecule has 2 atom stereocenters. The first-order valence-electron chi connectivity index (χ1n) is 4.37. The first-order chi connectivity index (χ1) is 6.11. The zero-order valence-corrected chi connectivity index (χ0v) is 8.55. The van der Waals surface area contributed by atoms with Gasteiger partial charge in [0.1, 0.15) is 6.04 Å². The van der Waals surface area contributed by atoms with Crippen molar-refractivity contribution in [3.63, 3.8) is 0 Å². The zero-order chi connectivity index (χ0) is 9.84. The molecule has 0 aromatic carbocycles. The summed E-state index contributed by atoms with van der Waals surface area (Å²) >= 11 is 0. The topological polar surface area (TPSA) is 92.4 Å². The van der Waals surface area contributed by atoms with Crippen LogP contribution in [0.4, 0.5) is 0 Å². The predicted octanol–water partition coefficient (Wildman–Crippen LogP) is -0.264. The Morgan fingerprint density at radius 1 is 1.71 bits per heavy atom. The summed E-state index contributed by atoms with van der Waals surface area (Å²) < 4.78 is 0. The summed E-state index contributed by atoms with van der Waals surface area (Å²) in [6.07, 6.45) is 1.89. The van der Waals surface area contributed by atoms with E-state index in [1.165, 1.54) is 0 Å². The van der Waals surface area contributed by atoms with Gasteiger partial charge in [0.15, 0.2) is 0 Å². The highest BCUT2D eigenvalue weighted by Gasteiger charge is 2.26. The highest BCUT2D eigenvalue weighted by Crippen LogP contribution is 2.16. The highest BCUT2D eigenvalue weighted by molar-refractivity contribution is 5.85. The van der Waals surface area contributed by atoms with E-state index in [2.05, 4.69) is 5.32 Å². The van der Waals surface area contributed by atoms with E-state index < -0.39 is 12.0 Å². The minimum atomic E-state index is -1.04. The third-order valence-corrected chi connectivity index (χ3v) is 2.26. The van der Waals surface area contributed by atoms with Gasteiger partial charge in [-0.2, -0.15) is 0 Å². The molecule has 1 fully saturated rings. The molecular weight excluding hydrogens is 208 g/mol. The van der Waals surface area contributed by atoms with Crippen LogP contribution in [0.15, 0.2) is 0 Å². The molecule has 0 saturated carbocycles. The van der Waals surface area contributed by atoms with Gasteiger partial charge in [0, 0.05) is 12.5 Å². The van der Waals surface area contributed by atoms with Crippen LogP contribution in [-0.2, 0) is 9.59 Å². The molecule has 1 amide bonds. The number of carboxylic acid groups (broad SMARTS) is 1. The molecule has 0 spiro atoms. The van der Waals surface area contributed by atoms with E-state index in [0.29, 0.717) is 6.54 Å². The van der Waals surface area contributed by atoms with Crippen LogP contribution in [0, 0.1) is 5.92 Å². The highest BCUT2D eigenvalue weighted by atomic mass is 35.5. The lowest BCUT2D eigenvalue weighted by Gasteiger charge is -2.22. The number of nitrogens with one attached hydrogen (secondary N) is 1. The molecular formula is C8H15ClN2O3. The summed E-state index contributed by atoms with van der Waals surface area (Å²) in [7, 11) is 0. The van der Waals surface area contributed by atoms with Crippen molar-refractivity contribution in [2.24, 2.45) is 11.7 Å². The molecule has 6 heteroatoms. The number of halogens is 1. The van der Waals surface area contributed by atoms with E-state index in [-0.39, 0.29) is 30.7 Å². The molecule has 0 aromatic heterocycles. The van der Waals surface area contributed by atoms with Gasteiger partial charge >= 0.3 is 5.97 Å². The monoisotopic (exact) mass is 222 g/mol. The third-order valence-electron chi connectivity index (χ3n) is 2.26. The molecule has 14 heavy (non-hydrogen) atoms. The van der Waals surface area contributed by atoms with Gasteiger partial charge in [-0.05, 0) is 19.3 Å². The standard InChI is InChI=1S/C8H14N2O3.ClH/c9-6(8(12)13)4-5-2-1-3-10-7(5)11;/h5-6H,1-4,9H2,(H,10,11)(H,12,13);1H. The summed E-state index contributed by atoms with van der Waals surface area (Å²) in [6.45, 7) is 0.692. The number of rotatable bonds is 3. The lowest BCUT2D eigenvalue weighted by Crippen LogP contribution is -2.41. The number of hydrogen-bond acceptors (Lipinski definition) is 3. The average Bonchev–Trinajstić information content (AvgIpc) is 2.08. The van der Waals surface area contributed by atoms with Gasteiger partial charge in [0.05, 0.1) is 0 Å². The number of amides is 1.